The molecule has 0 fully saturated rings. The van der Waals surface area contributed by atoms with E-state index in [1.165, 1.54) is 19.3 Å². The van der Waals surface area contributed by atoms with E-state index in [0.717, 1.165) is 19.5 Å². The molecule has 0 amide bonds. The smallest absolute Gasteiger partial charge is 0.264 e. The molecule has 0 heterocycles. The molecule has 0 bridgehead atoms. The van der Waals surface area contributed by atoms with E-state index in [0.29, 0.717) is 6.42 Å². The van der Waals surface area contributed by atoms with Gasteiger partial charge in [0.15, 0.2) is 0 Å². The molecule has 0 aliphatic heterocycles. The minimum atomic E-state index is -3.76. The zero-order valence-corrected chi connectivity index (χ0v) is 10.6. The van der Waals surface area contributed by atoms with Crippen molar-refractivity contribution in [3.8, 4) is 0 Å². The van der Waals surface area contributed by atoms with Gasteiger partial charge in [-0.25, -0.2) is 0 Å². The molecule has 0 rings (SSSR count). The molecule has 4 nitrogen and oxygen atoms in total. The predicted molar refractivity (Wildman–Crippen MR) is 62.7 cm³/mol. The van der Waals surface area contributed by atoms with E-state index >= 15 is 0 Å². The summed E-state index contributed by atoms with van der Waals surface area (Å²) in [5.41, 5.74) is 0. The van der Waals surface area contributed by atoms with Gasteiger partial charge in [-0.2, -0.15) is 8.42 Å². The molecule has 15 heavy (non-hydrogen) atoms. The fourth-order valence-corrected chi connectivity index (χ4v) is 1.98. The Labute approximate surface area is 93.4 Å². The van der Waals surface area contributed by atoms with E-state index in [2.05, 4.69) is 11.8 Å². The van der Waals surface area contributed by atoms with Crippen molar-refractivity contribution in [1.82, 2.24) is 4.90 Å². The number of rotatable bonds is 9. The van der Waals surface area contributed by atoms with Crippen molar-refractivity contribution in [2.75, 3.05) is 25.9 Å². The van der Waals surface area contributed by atoms with Gasteiger partial charge in [0.1, 0.15) is 0 Å². The normalized spacial score (nSPS) is 12.3. The van der Waals surface area contributed by atoms with E-state index in [1.807, 2.05) is 7.05 Å². The van der Waals surface area contributed by atoms with Crippen LogP contribution < -0.4 is 0 Å². The third-order valence-corrected chi connectivity index (χ3v) is 3.14. The number of hydrogen-bond donors (Lipinski definition) is 1. The zero-order valence-electron chi connectivity index (χ0n) is 9.78. The van der Waals surface area contributed by atoms with Crippen LogP contribution in [0.15, 0.2) is 0 Å². The third kappa shape index (κ3) is 11.8. The Kier molecular flexibility index (Phi) is 8.00. The molecule has 92 valence electrons. The second-order valence-corrected chi connectivity index (χ2v) is 5.58. The SMILES string of the molecule is CCCCCN(C)CCCCS(=O)(=O)O. The molecule has 0 unspecified atom stereocenters. The molecule has 0 spiro atoms. The highest BCUT2D eigenvalue weighted by Crippen LogP contribution is 1.99. The molecule has 0 aliphatic carbocycles. The van der Waals surface area contributed by atoms with Crippen LogP contribution in [0.4, 0.5) is 0 Å². The van der Waals surface area contributed by atoms with E-state index in [1.54, 1.807) is 0 Å². The Morgan fingerprint density at radius 1 is 1.07 bits per heavy atom. The van der Waals surface area contributed by atoms with Crippen LogP contribution in [-0.2, 0) is 10.1 Å². The van der Waals surface area contributed by atoms with Crippen LogP contribution >= 0.6 is 0 Å². The second kappa shape index (κ2) is 8.07. The molecule has 0 aromatic heterocycles. The molecule has 0 aliphatic rings. The molecule has 0 radical (unpaired) electrons. The van der Waals surface area contributed by atoms with Gasteiger partial charge in [0.2, 0.25) is 0 Å². The quantitative estimate of drug-likeness (QED) is 0.490. The molecular formula is C10H23NO3S. The summed E-state index contributed by atoms with van der Waals surface area (Å²) in [4.78, 5) is 2.21. The lowest BCUT2D eigenvalue weighted by atomic mass is 10.2. The van der Waals surface area contributed by atoms with Gasteiger partial charge >= 0.3 is 0 Å². The minimum absolute atomic E-state index is 0.115. The first-order valence-electron chi connectivity index (χ1n) is 5.59. The summed E-state index contributed by atoms with van der Waals surface area (Å²) in [5.74, 6) is -0.115. The standard InChI is InChI=1S/C10H23NO3S/c1-3-4-5-8-11(2)9-6-7-10-15(12,13)14/h3-10H2,1-2H3,(H,12,13,14). The lowest BCUT2D eigenvalue weighted by Crippen LogP contribution is -2.21. The van der Waals surface area contributed by atoms with Crippen LogP contribution in [0.2, 0.25) is 0 Å². The van der Waals surface area contributed by atoms with E-state index in [4.69, 9.17) is 4.55 Å². The summed E-state index contributed by atoms with van der Waals surface area (Å²) in [6.45, 7) is 4.14. The molecule has 0 saturated carbocycles. The van der Waals surface area contributed by atoms with Crippen molar-refractivity contribution in [2.24, 2.45) is 0 Å². The van der Waals surface area contributed by atoms with Crippen molar-refractivity contribution in [1.29, 1.82) is 0 Å². The largest absolute Gasteiger partial charge is 0.306 e. The summed E-state index contributed by atoms with van der Waals surface area (Å²) in [5, 5.41) is 0. The fourth-order valence-electron chi connectivity index (χ4n) is 1.41. The molecular weight excluding hydrogens is 214 g/mol. The molecule has 1 N–H and O–H groups in total. The van der Waals surface area contributed by atoms with Crippen molar-refractivity contribution >= 4 is 10.1 Å². The maximum Gasteiger partial charge on any atom is 0.264 e. The van der Waals surface area contributed by atoms with Gasteiger partial charge in [-0.05, 0) is 39.4 Å². The van der Waals surface area contributed by atoms with E-state index in [-0.39, 0.29) is 5.75 Å². The van der Waals surface area contributed by atoms with Gasteiger partial charge in [-0.1, -0.05) is 19.8 Å². The minimum Gasteiger partial charge on any atom is -0.306 e. The van der Waals surface area contributed by atoms with Crippen LogP contribution in [0.5, 0.6) is 0 Å². The first-order chi connectivity index (χ1) is 6.95. The number of nitrogens with zero attached hydrogens (tertiary/aromatic N) is 1. The summed E-state index contributed by atoms with van der Waals surface area (Å²) in [6.07, 6.45) is 5.02. The van der Waals surface area contributed by atoms with Crippen molar-refractivity contribution in [3.63, 3.8) is 0 Å². The molecule has 0 aromatic rings. The Balaban J connectivity index is 3.35. The summed E-state index contributed by atoms with van der Waals surface area (Å²) >= 11 is 0. The average Bonchev–Trinajstić information content (AvgIpc) is 2.11. The topological polar surface area (TPSA) is 57.6 Å². The second-order valence-electron chi connectivity index (χ2n) is 4.00. The van der Waals surface area contributed by atoms with Crippen LogP contribution in [-0.4, -0.2) is 43.8 Å². The zero-order chi connectivity index (χ0) is 11.7. The summed E-state index contributed by atoms with van der Waals surface area (Å²) < 4.78 is 29.4. The van der Waals surface area contributed by atoms with Gasteiger partial charge in [-0.15, -0.1) is 0 Å². The third-order valence-electron chi connectivity index (χ3n) is 2.34. The summed E-state index contributed by atoms with van der Waals surface area (Å²) in [6, 6.07) is 0. The lowest BCUT2D eigenvalue weighted by molar-refractivity contribution is 0.319. The highest BCUT2D eigenvalue weighted by Gasteiger charge is 2.04. The lowest BCUT2D eigenvalue weighted by Gasteiger charge is -2.15. The monoisotopic (exact) mass is 237 g/mol. The first-order valence-corrected chi connectivity index (χ1v) is 7.20. The van der Waals surface area contributed by atoms with Crippen LogP contribution in [0, 0.1) is 0 Å². The molecule has 5 heteroatoms. The maximum atomic E-state index is 10.4. The van der Waals surface area contributed by atoms with Crippen molar-refractivity contribution in [2.45, 2.75) is 39.0 Å². The Morgan fingerprint density at radius 3 is 2.07 bits per heavy atom. The Bertz CT molecular complexity index is 239. The van der Waals surface area contributed by atoms with Gasteiger partial charge in [0.25, 0.3) is 10.1 Å². The number of hydrogen-bond acceptors (Lipinski definition) is 3. The average molecular weight is 237 g/mol. The first kappa shape index (κ1) is 14.9. The van der Waals surface area contributed by atoms with Crippen molar-refractivity contribution in [3.05, 3.63) is 0 Å². The van der Waals surface area contributed by atoms with Gasteiger partial charge in [0, 0.05) is 0 Å². The van der Waals surface area contributed by atoms with Crippen LogP contribution in [0.1, 0.15) is 39.0 Å². The van der Waals surface area contributed by atoms with Crippen molar-refractivity contribution < 1.29 is 13.0 Å². The van der Waals surface area contributed by atoms with Gasteiger partial charge in [0.05, 0.1) is 5.75 Å². The highest BCUT2D eigenvalue weighted by atomic mass is 32.2. The van der Waals surface area contributed by atoms with Gasteiger partial charge < -0.3 is 4.90 Å². The van der Waals surface area contributed by atoms with E-state index < -0.39 is 10.1 Å². The van der Waals surface area contributed by atoms with Crippen LogP contribution in [0.25, 0.3) is 0 Å². The van der Waals surface area contributed by atoms with Gasteiger partial charge in [-0.3, -0.25) is 4.55 Å². The number of unbranched alkanes of at least 4 members (excludes halogenated alkanes) is 3. The Hall–Kier alpha value is -0.130. The maximum absolute atomic E-state index is 10.4. The fraction of sp³-hybridized carbons (Fsp3) is 1.00. The molecule has 0 atom stereocenters. The summed E-state index contributed by atoms with van der Waals surface area (Å²) in [7, 11) is -1.72. The highest BCUT2D eigenvalue weighted by molar-refractivity contribution is 7.85. The molecule has 0 aromatic carbocycles. The van der Waals surface area contributed by atoms with E-state index in [9.17, 15) is 8.42 Å². The Morgan fingerprint density at radius 2 is 1.60 bits per heavy atom. The predicted octanol–water partition coefficient (Wildman–Crippen LogP) is 1.78. The molecule has 0 saturated heterocycles. The van der Waals surface area contributed by atoms with Crippen LogP contribution in [0.3, 0.4) is 0 Å².